The minimum atomic E-state index is -3.08. The maximum absolute atomic E-state index is 12.5. The number of alkyl halides is 1. The fourth-order valence-electron chi connectivity index (χ4n) is 2.45. The molecule has 0 N–H and O–H groups in total. The summed E-state index contributed by atoms with van der Waals surface area (Å²) in [5, 5.41) is 0.727. The van der Waals surface area contributed by atoms with Crippen LogP contribution in [0.5, 0.6) is 0 Å². The van der Waals surface area contributed by atoms with E-state index in [1.165, 1.54) is 6.42 Å². The summed E-state index contributed by atoms with van der Waals surface area (Å²) in [7, 11) is -3.08. The Kier molecular flexibility index (Phi) is 6.45. The molecule has 3 nitrogen and oxygen atoms in total. The Labute approximate surface area is 114 Å². The van der Waals surface area contributed by atoms with Gasteiger partial charge in [0.2, 0.25) is 10.0 Å². The highest BCUT2D eigenvalue weighted by Gasteiger charge is 2.33. The molecule has 1 aliphatic rings. The van der Waals surface area contributed by atoms with Gasteiger partial charge in [0.15, 0.2) is 0 Å². The molecule has 0 bridgehead atoms. The Bertz CT molecular complexity index is 310. The minimum Gasteiger partial charge on any atom is -0.212 e. The first-order valence-electron chi connectivity index (χ1n) is 6.56. The fourth-order valence-corrected chi connectivity index (χ4v) is 4.98. The lowest BCUT2D eigenvalue weighted by Crippen LogP contribution is -2.44. The molecule has 0 unspecified atom stereocenters. The molecule has 1 aliphatic carbocycles. The Hall–Kier alpha value is 0.390. The molecule has 0 amide bonds. The summed E-state index contributed by atoms with van der Waals surface area (Å²) >= 11 is 3.37. The van der Waals surface area contributed by atoms with Crippen molar-refractivity contribution in [3.05, 3.63) is 0 Å². The van der Waals surface area contributed by atoms with Crippen LogP contribution in [0.3, 0.4) is 0 Å². The molecule has 0 aliphatic heterocycles. The monoisotopic (exact) mass is 325 g/mol. The van der Waals surface area contributed by atoms with Gasteiger partial charge in [-0.05, 0) is 33.1 Å². The van der Waals surface area contributed by atoms with Gasteiger partial charge < -0.3 is 0 Å². The molecular formula is C12H24BrNO2S. The first kappa shape index (κ1) is 15.4. The van der Waals surface area contributed by atoms with Crippen LogP contribution in [-0.2, 0) is 10.0 Å². The number of hydrogen-bond donors (Lipinski definition) is 0. The third-order valence-corrected chi connectivity index (χ3v) is 6.52. The molecule has 0 aromatic carbocycles. The van der Waals surface area contributed by atoms with Crippen LogP contribution in [0.25, 0.3) is 0 Å². The van der Waals surface area contributed by atoms with E-state index in [1.54, 1.807) is 4.31 Å². The summed E-state index contributed by atoms with van der Waals surface area (Å²) in [6.07, 6.45) is 5.89. The van der Waals surface area contributed by atoms with E-state index < -0.39 is 10.0 Å². The highest BCUT2D eigenvalue weighted by Crippen LogP contribution is 2.27. The van der Waals surface area contributed by atoms with Crippen molar-refractivity contribution in [3.63, 3.8) is 0 Å². The minimum absolute atomic E-state index is 0.0703. The van der Waals surface area contributed by atoms with E-state index in [-0.39, 0.29) is 11.3 Å². The van der Waals surface area contributed by atoms with Crippen molar-refractivity contribution in [2.75, 3.05) is 11.9 Å². The van der Waals surface area contributed by atoms with Crippen molar-refractivity contribution in [1.29, 1.82) is 0 Å². The Morgan fingerprint density at radius 1 is 1.24 bits per heavy atom. The summed E-state index contributed by atoms with van der Waals surface area (Å²) in [6, 6.07) is 0.0703. The number of nitrogens with zero attached hydrogens (tertiary/aromatic N) is 1. The van der Waals surface area contributed by atoms with E-state index in [2.05, 4.69) is 15.9 Å². The number of sulfonamides is 1. The standard InChI is InChI=1S/C12H24BrNO2S/c1-11(2)14(10-6-9-13)17(15,16)12-7-4-3-5-8-12/h11-12H,3-10H2,1-2H3. The van der Waals surface area contributed by atoms with Crippen LogP contribution in [0.2, 0.25) is 0 Å². The highest BCUT2D eigenvalue weighted by atomic mass is 79.9. The van der Waals surface area contributed by atoms with Gasteiger partial charge in [0, 0.05) is 17.9 Å². The molecule has 1 rings (SSSR count). The maximum Gasteiger partial charge on any atom is 0.217 e. The Morgan fingerprint density at radius 2 is 1.82 bits per heavy atom. The SMILES string of the molecule is CC(C)N(CCCBr)S(=O)(=O)C1CCCCC1. The van der Waals surface area contributed by atoms with Gasteiger partial charge in [-0.15, -0.1) is 0 Å². The lowest BCUT2D eigenvalue weighted by atomic mass is 10.0. The quantitative estimate of drug-likeness (QED) is 0.703. The molecule has 102 valence electrons. The van der Waals surface area contributed by atoms with Gasteiger partial charge in [0.05, 0.1) is 5.25 Å². The van der Waals surface area contributed by atoms with Gasteiger partial charge in [0.25, 0.3) is 0 Å². The van der Waals surface area contributed by atoms with Crippen molar-refractivity contribution < 1.29 is 8.42 Å². The lowest BCUT2D eigenvalue weighted by Gasteiger charge is -2.32. The first-order valence-corrected chi connectivity index (χ1v) is 9.19. The van der Waals surface area contributed by atoms with E-state index in [9.17, 15) is 8.42 Å². The van der Waals surface area contributed by atoms with Crippen LogP contribution < -0.4 is 0 Å². The molecule has 5 heteroatoms. The van der Waals surface area contributed by atoms with Gasteiger partial charge in [-0.2, -0.15) is 4.31 Å². The lowest BCUT2D eigenvalue weighted by molar-refractivity contribution is 0.341. The van der Waals surface area contributed by atoms with Crippen LogP contribution in [0.15, 0.2) is 0 Å². The normalized spacial score (nSPS) is 19.1. The molecule has 0 aromatic heterocycles. The van der Waals surface area contributed by atoms with Gasteiger partial charge >= 0.3 is 0 Å². The smallest absolute Gasteiger partial charge is 0.212 e. The molecule has 0 heterocycles. The zero-order chi connectivity index (χ0) is 12.9. The molecule has 0 spiro atoms. The average molecular weight is 326 g/mol. The second-order valence-corrected chi connectivity index (χ2v) is 8.01. The first-order chi connectivity index (χ1) is 8.00. The molecular weight excluding hydrogens is 302 g/mol. The van der Waals surface area contributed by atoms with Crippen molar-refractivity contribution in [2.45, 2.75) is 63.7 Å². The van der Waals surface area contributed by atoms with Crippen molar-refractivity contribution in [2.24, 2.45) is 0 Å². The summed E-state index contributed by atoms with van der Waals surface area (Å²) < 4.78 is 26.8. The van der Waals surface area contributed by atoms with E-state index in [0.29, 0.717) is 6.54 Å². The molecule has 0 aromatic rings. The Morgan fingerprint density at radius 3 is 2.29 bits per heavy atom. The maximum atomic E-state index is 12.5. The second-order valence-electron chi connectivity index (χ2n) is 5.05. The molecule has 17 heavy (non-hydrogen) atoms. The zero-order valence-electron chi connectivity index (χ0n) is 10.9. The number of rotatable bonds is 6. The second kappa shape index (κ2) is 7.10. The molecule has 0 atom stereocenters. The molecule has 0 saturated heterocycles. The Balaban J connectivity index is 2.75. The summed E-state index contributed by atoms with van der Waals surface area (Å²) in [5.41, 5.74) is 0. The topological polar surface area (TPSA) is 37.4 Å². The molecule has 1 fully saturated rings. The van der Waals surface area contributed by atoms with Gasteiger partial charge in [-0.25, -0.2) is 8.42 Å². The van der Waals surface area contributed by atoms with Crippen LogP contribution in [-0.4, -0.2) is 35.9 Å². The van der Waals surface area contributed by atoms with Crippen LogP contribution in [0.1, 0.15) is 52.4 Å². The van der Waals surface area contributed by atoms with Crippen molar-refractivity contribution >= 4 is 26.0 Å². The summed E-state index contributed by atoms with van der Waals surface area (Å²) in [6.45, 7) is 4.57. The van der Waals surface area contributed by atoms with Crippen LogP contribution in [0, 0.1) is 0 Å². The third-order valence-electron chi connectivity index (χ3n) is 3.39. The average Bonchev–Trinajstić information content (AvgIpc) is 2.30. The summed E-state index contributed by atoms with van der Waals surface area (Å²) in [5.74, 6) is 0. The fraction of sp³-hybridized carbons (Fsp3) is 1.00. The van der Waals surface area contributed by atoms with E-state index in [1.807, 2.05) is 13.8 Å². The van der Waals surface area contributed by atoms with Crippen LogP contribution in [0.4, 0.5) is 0 Å². The largest absolute Gasteiger partial charge is 0.217 e. The van der Waals surface area contributed by atoms with Gasteiger partial charge in [-0.1, -0.05) is 35.2 Å². The highest BCUT2D eigenvalue weighted by molar-refractivity contribution is 9.09. The summed E-state index contributed by atoms with van der Waals surface area (Å²) in [4.78, 5) is 0. The number of hydrogen-bond acceptors (Lipinski definition) is 2. The van der Waals surface area contributed by atoms with Crippen LogP contribution >= 0.6 is 15.9 Å². The predicted molar refractivity (Wildman–Crippen MR) is 76.0 cm³/mol. The zero-order valence-corrected chi connectivity index (χ0v) is 13.3. The van der Waals surface area contributed by atoms with E-state index >= 15 is 0 Å². The van der Waals surface area contributed by atoms with Gasteiger partial charge in [0.1, 0.15) is 0 Å². The molecule has 0 radical (unpaired) electrons. The van der Waals surface area contributed by atoms with E-state index in [4.69, 9.17) is 0 Å². The third kappa shape index (κ3) is 4.21. The van der Waals surface area contributed by atoms with Crippen molar-refractivity contribution in [1.82, 2.24) is 4.31 Å². The van der Waals surface area contributed by atoms with E-state index in [0.717, 1.165) is 37.4 Å². The molecule has 1 saturated carbocycles. The van der Waals surface area contributed by atoms with Gasteiger partial charge in [-0.3, -0.25) is 0 Å². The van der Waals surface area contributed by atoms with Crippen molar-refractivity contribution in [3.8, 4) is 0 Å². The number of halogens is 1. The predicted octanol–water partition coefficient (Wildman–Crippen LogP) is 3.14.